The van der Waals surface area contributed by atoms with Crippen LogP contribution < -0.4 is 32.6 Å². The van der Waals surface area contributed by atoms with Gasteiger partial charge in [-0.1, -0.05) is 47.6 Å². The fourth-order valence-corrected chi connectivity index (χ4v) is 10.3. The zero-order valence-corrected chi connectivity index (χ0v) is 55.2. The summed E-state index contributed by atoms with van der Waals surface area (Å²) < 4.78 is 36.9. The van der Waals surface area contributed by atoms with Crippen molar-refractivity contribution >= 4 is 0 Å². The summed E-state index contributed by atoms with van der Waals surface area (Å²) in [4.78, 5) is 63.8. The molecule has 9 aromatic heterocycles. The van der Waals surface area contributed by atoms with E-state index < -0.39 is 5.82 Å². The molecule has 12 rings (SSSR count). The number of benzene rings is 3. The van der Waals surface area contributed by atoms with Gasteiger partial charge in [-0.05, 0) is 149 Å². The molecule has 9 heterocycles. The summed E-state index contributed by atoms with van der Waals surface area (Å²) in [5.74, 6) is 1.06. The van der Waals surface area contributed by atoms with Crippen LogP contribution in [-0.4, -0.2) is 90.3 Å². The van der Waals surface area contributed by atoms with Crippen molar-refractivity contribution in [1.82, 2.24) is 85.1 Å². The number of aromatic nitrogens is 14. The first-order valence-corrected chi connectivity index (χ1v) is 31.0. The van der Waals surface area contributed by atoms with Crippen molar-refractivity contribution in [3.8, 4) is 103 Å². The van der Waals surface area contributed by atoms with Crippen LogP contribution in [0.5, 0.6) is 0 Å². The highest BCUT2D eigenvalue weighted by molar-refractivity contribution is 5.69. The van der Waals surface area contributed by atoms with E-state index in [1.807, 2.05) is 113 Å². The Bertz CT molecular complexity index is 4690. The van der Waals surface area contributed by atoms with E-state index >= 15 is 0 Å². The van der Waals surface area contributed by atoms with Gasteiger partial charge in [0.2, 0.25) is 5.89 Å². The highest BCUT2D eigenvalue weighted by Crippen LogP contribution is 2.33. The predicted molar refractivity (Wildman–Crippen MR) is 368 cm³/mol. The van der Waals surface area contributed by atoms with E-state index in [4.69, 9.17) is 23.3 Å². The topological polar surface area (TPSA) is 283 Å². The molecule has 0 radical (unpaired) electrons. The number of halogens is 1. The lowest BCUT2D eigenvalue weighted by Crippen LogP contribution is -2.20. The van der Waals surface area contributed by atoms with Crippen LogP contribution in [0.3, 0.4) is 0 Å². The van der Waals surface area contributed by atoms with Gasteiger partial charge in [0.25, 0.3) is 34.3 Å². The molecule has 0 saturated heterocycles. The van der Waals surface area contributed by atoms with Crippen molar-refractivity contribution in [3.05, 3.63) is 217 Å². The van der Waals surface area contributed by atoms with Crippen LogP contribution in [0.4, 0.5) is 4.39 Å². The van der Waals surface area contributed by atoms with Crippen LogP contribution in [0, 0.1) is 33.5 Å². The molecule has 0 bridgehead atoms. The summed E-state index contributed by atoms with van der Waals surface area (Å²) >= 11 is 0. The van der Waals surface area contributed by atoms with Gasteiger partial charge in [0.05, 0.1) is 58.3 Å². The summed E-state index contributed by atoms with van der Waals surface area (Å²) in [6, 6.07) is 31.0. The second-order valence-corrected chi connectivity index (χ2v) is 23.5. The number of nitrogens with one attached hydrogen (secondary N) is 3. The number of hydrogen-bond donors (Lipinski definition) is 3. The van der Waals surface area contributed by atoms with Gasteiger partial charge in [0.15, 0.2) is 5.76 Å². The maximum atomic E-state index is 14.6. The predicted octanol–water partition coefficient (Wildman–Crippen LogP) is 12.7. The molecule has 0 aliphatic heterocycles. The molecule has 3 N–H and O–H groups in total. The summed E-state index contributed by atoms with van der Waals surface area (Å²) in [6.45, 7) is 21.4. The fourth-order valence-electron chi connectivity index (χ4n) is 10.3. The third-order valence-corrected chi connectivity index (χ3v) is 15.4. The molecule has 0 amide bonds. The first kappa shape index (κ1) is 67.0. The molecule has 23 nitrogen and oxygen atoms in total. The standard InChI is InChI=1S/C24H26N6O2.C24H25N5O2.C23H23FN6O2.3H2/c1-14(2)30-13-18(7-9-21(30)31)20-12-26-16(4)22(27-20)24-29-28-23(32-24)19-8-6-17(11-25-5)10-15(19)3;1-15(2)29-14-19(9-10-23(29)30)21-13-26-16(3)24(27-21)22-11-20(28-31-22)18-7-5-17(6-8-18)12-25-4;1-13(2)30-12-16(6-8-20(30)31)19-11-26-14(3)21(27-19)23-29-28-22(32-23)17-7-5-15(10-25-4)9-18(17)24;;;/h6-10,12-14,25H,11H2,1-5H3;5-11,13-15,25H,12H2,1-4H3;5-9,11-13,25H,10H2,1-4H3;3*1H. The largest absolute Gasteiger partial charge is 0.415 e. The molecule has 0 atom stereocenters. The molecule has 12 aromatic rings. The second kappa shape index (κ2) is 29.8. The van der Waals surface area contributed by atoms with E-state index in [2.05, 4.69) is 79.6 Å². The van der Waals surface area contributed by atoms with Gasteiger partial charge in [-0.15, -0.1) is 20.4 Å². The zero-order valence-electron chi connectivity index (χ0n) is 55.2. The molecule has 0 aliphatic rings. The van der Waals surface area contributed by atoms with Crippen molar-refractivity contribution in [2.75, 3.05) is 21.1 Å². The Morgan fingerprint density at radius 2 is 0.821 bits per heavy atom. The average Bonchev–Trinajstić information content (AvgIpc) is 1.45. The van der Waals surface area contributed by atoms with Gasteiger partial charge < -0.3 is 43.0 Å². The Hall–Kier alpha value is -11.0. The lowest BCUT2D eigenvalue weighted by atomic mass is 10.1. The number of pyridine rings is 3. The molecule has 3 aromatic carbocycles. The highest BCUT2D eigenvalue weighted by atomic mass is 19.1. The lowest BCUT2D eigenvalue weighted by molar-refractivity contribution is 0.433. The van der Waals surface area contributed by atoms with Crippen molar-refractivity contribution in [2.24, 2.45) is 0 Å². The average molecular weight is 1290 g/mol. The zero-order chi connectivity index (χ0) is 67.6. The van der Waals surface area contributed by atoms with Crippen molar-refractivity contribution in [2.45, 2.75) is 107 Å². The Morgan fingerprint density at radius 3 is 1.25 bits per heavy atom. The third kappa shape index (κ3) is 15.6. The van der Waals surface area contributed by atoms with E-state index in [0.29, 0.717) is 69.6 Å². The van der Waals surface area contributed by atoms with E-state index in [0.717, 1.165) is 63.4 Å². The summed E-state index contributed by atoms with van der Waals surface area (Å²) in [6.07, 6.45) is 10.4. The monoisotopic (exact) mass is 1290 g/mol. The Kier molecular flexibility index (Phi) is 21.0. The van der Waals surface area contributed by atoms with E-state index in [-0.39, 0.29) is 56.4 Å². The minimum absolute atomic E-state index is 0. The number of hydrogen-bond acceptors (Lipinski definition) is 20. The SMILES string of the molecule is CNCc1ccc(-c2cc(-c3nc(-c4ccc(=O)n(C(C)C)c4)cnc3C)on2)cc1.CNCc1ccc(-c2nnc(-c3nc(-c4ccc(=O)n(C(C)C)c4)cnc3C)o2)c(C)c1.CNCc1ccc(-c2nnc(-c3nc(-c4ccc(=O)n(C(C)C)c4)cnc3C)o2)c(F)c1.[HH].[HH].[HH]. The molecular formula is C71H80FN17O6. The molecule has 492 valence electrons. The number of rotatable bonds is 18. The number of nitrogens with zero attached hydrogens (tertiary/aromatic N) is 14. The van der Waals surface area contributed by atoms with Crippen LogP contribution in [0.15, 0.2) is 168 Å². The van der Waals surface area contributed by atoms with Gasteiger partial charge >= 0.3 is 0 Å². The molecule has 0 fully saturated rings. The second-order valence-electron chi connectivity index (χ2n) is 23.5. The third-order valence-electron chi connectivity index (χ3n) is 15.4. The summed E-state index contributed by atoms with van der Waals surface area (Å²) in [5.41, 5.74) is 14.7. The van der Waals surface area contributed by atoms with Crippen LogP contribution in [0.1, 0.15) is 103 Å². The Labute approximate surface area is 552 Å². The maximum Gasteiger partial charge on any atom is 0.268 e. The van der Waals surface area contributed by atoms with Crippen LogP contribution in [0.2, 0.25) is 0 Å². The molecule has 0 spiro atoms. The van der Waals surface area contributed by atoms with E-state index in [1.165, 1.54) is 23.3 Å². The quantitative estimate of drug-likeness (QED) is 0.0719. The van der Waals surface area contributed by atoms with Gasteiger partial charge in [-0.3, -0.25) is 29.3 Å². The minimum Gasteiger partial charge on any atom is -0.415 e. The van der Waals surface area contributed by atoms with Crippen LogP contribution >= 0.6 is 0 Å². The lowest BCUT2D eigenvalue weighted by Gasteiger charge is -2.11. The highest BCUT2D eigenvalue weighted by Gasteiger charge is 2.22. The first-order chi connectivity index (χ1) is 45.7. The smallest absolute Gasteiger partial charge is 0.268 e. The van der Waals surface area contributed by atoms with E-state index in [9.17, 15) is 18.8 Å². The van der Waals surface area contributed by atoms with Gasteiger partial charge in [-0.2, -0.15) is 0 Å². The van der Waals surface area contributed by atoms with Crippen molar-refractivity contribution in [3.63, 3.8) is 0 Å². The normalized spacial score (nSPS) is 11.3. The molecule has 0 saturated carbocycles. The Balaban J connectivity index is 0.000000204. The molecular weight excluding hydrogens is 1210 g/mol. The van der Waals surface area contributed by atoms with Crippen LogP contribution in [0.25, 0.3) is 103 Å². The molecule has 0 unspecified atom stereocenters. The maximum absolute atomic E-state index is 14.6. The van der Waals surface area contributed by atoms with E-state index in [1.54, 1.807) is 101 Å². The summed E-state index contributed by atoms with van der Waals surface area (Å²) in [5, 5.41) is 30.0. The summed E-state index contributed by atoms with van der Waals surface area (Å²) in [7, 11) is 5.64. The number of aryl methyl sites for hydroxylation is 4. The van der Waals surface area contributed by atoms with Crippen LogP contribution in [-0.2, 0) is 19.6 Å². The molecule has 0 aliphatic carbocycles. The van der Waals surface area contributed by atoms with Gasteiger partial charge in [-0.25, -0.2) is 19.3 Å². The Morgan fingerprint density at radius 1 is 0.442 bits per heavy atom. The molecule has 95 heavy (non-hydrogen) atoms. The van der Waals surface area contributed by atoms with Crippen molar-refractivity contribution in [1.29, 1.82) is 0 Å². The molecule has 24 heteroatoms. The minimum atomic E-state index is -0.444. The first-order valence-electron chi connectivity index (χ1n) is 31.0. The van der Waals surface area contributed by atoms with Gasteiger partial charge in [0, 0.05) is 113 Å². The fraction of sp³-hybridized carbons (Fsp3) is 0.268. The van der Waals surface area contributed by atoms with Crippen molar-refractivity contribution < 1.29 is 22.0 Å². The van der Waals surface area contributed by atoms with Gasteiger partial charge in [0.1, 0.15) is 28.6 Å².